The van der Waals surface area contributed by atoms with E-state index < -0.39 is 15.9 Å². The van der Waals surface area contributed by atoms with Crippen LogP contribution in [0.25, 0.3) is 0 Å². The molecule has 0 atom stereocenters. The summed E-state index contributed by atoms with van der Waals surface area (Å²) in [5.74, 6) is 0.170. The Hall–Kier alpha value is -2.94. The van der Waals surface area contributed by atoms with Crippen molar-refractivity contribution in [2.45, 2.75) is 4.90 Å². The van der Waals surface area contributed by atoms with Gasteiger partial charge in [-0.15, -0.1) is 0 Å². The van der Waals surface area contributed by atoms with E-state index in [1.54, 1.807) is 18.2 Å². The minimum Gasteiger partial charge on any atom is -0.495 e. The van der Waals surface area contributed by atoms with E-state index in [1.807, 2.05) is 0 Å². The van der Waals surface area contributed by atoms with E-state index >= 15 is 0 Å². The monoisotopic (exact) mass is 480 g/mol. The van der Waals surface area contributed by atoms with E-state index in [1.165, 1.54) is 56.7 Å². The molecule has 0 aromatic heterocycles. The molecule has 0 radical (unpaired) electrons. The number of benzene rings is 3. The minimum atomic E-state index is -3.97. The number of rotatable bonds is 7. The third-order valence-corrected chi connectivity index (χ3v) is 6.23. The van der Waals surface area contributed by atoms with E-state index in [2.05, 4.69) is 10.0 Å². The van der Waals surface area contributed by atoms with Crippen molar-refractivity contribution in [1.29, 1.82) is 0 Å². The number of hydrogen-bond donors (Lipinski definition) is 2. The fourth-order valence-electron chi connectivity index (χ4n) is 2.70. The van der Waals surface area contributed by atoms with Gasteiger partial charge in [-0.2, -0.15) is 0 Å². The second-order valence-electron chi connectivity index (χ2n) is 6.25. The summed E-state index contributed by atoms with van der Waals surface area (Å²) in [7, 11) is -1.07. The van der Waals surface area contributed by atoms with Crippen LogP contribution in [0.5, 0.6) is 11.5 Å². The number of methoxy groups -OCH3 is 2. The Morgan fingerprint density at radius 1 is 0.839 bits per heavy atom. The molecule has 10 heteroatoms. The lowest BCUT2D eigenvalue weighted by atomic mass is 10.2. The van der Waals surface area contributed by atoms with Gasteiger partial charge in [-0.1, -0.05) is 41.4 Å². The van der Waals surface area contributed by atoms with Gasteiger partial charge in [0.2, 0.25) is 0 Å². The maximum absolute atomic E-state index is 12.8. The van der Waals surface area contributed by atoms with Crippen LogP contribution in [-0.2, 0) is 10.0 Å². The molecule has 0 spiro atoms. The molecule has 3 rings (SSSR count). The average Bonchev–Trinajstić information content (AvgIpc) is 2.75. The topological polar surface area (TPSA) is 93.7 Å². The molecule has 1 amide bonds. The first-order chi connectivity index (χ1) is 14.7. The molecule has 0 saturated heterocycles. The maximum Gasteiger partial charge on any atom is 0.261 e. The van der Waals surface area contributed by atoms with Crippen LogP contribution in [0.1, 0.15) is 10.4 Å². The van der Waals surface area contributed by atoms with E-state index in [0.717, 1.165) is 0 Å². The van der Waals surface area contributed by atoms with Crippen molar-refractivity contribution in [2.75, 3.05) is 24.3 Å². The number of anilines is 2. The van der Waals surface area contributed by atoms with Gasteiger partial charge in [0.15, 0.2) is 0 Å². The molecule has 162 valence electrons. The molecule has 3 aromatic rings. The molecule has 2 N–H and O–H groups in total. The van der Waals surface area contributed by atoms with Crippen LogP contribution < -0.4 is 19.5 Å². The fourth-order valence-corrected chi connectivity index (χ4v) is 4.31. The summed E-state index contributed by atoms with van der Waals surface area (Å²) < 4.78 is 38.3. The Kier molecular flexibility index (Phi) is 6.94. The molecular formula is C21H18Cl2N2O5S. The molecule has 0 fully saturated rings. The molecule has 7 nitrogen and oxygen atoms in total. The summed E-state index contributed by atoms with van der Waals surface area (Å²) in [5, 5.41) is 3.20. The highest BCUT2D eigenvalue weighted by atomic mass is 35.5. The van der Waals surface area contributed by atoms with Crippen molar-refractivity contribution < 1.29 is 22.7 Å². The average molecular weight is 481 g/mol. The normalized spacial score (nSPS) is 11.0. The molecule has 0 bridgehead atoms. The Bertz CT molecular complexity index is 1230. The predicted octanol–water partition coefficient (Wildman–Crippen LogP) is 5.06. The molecule has 0 heterocycles. The highest BCUT2D eigenvalue weighted by Crippen LogP contribution is 2.36. The van der Waals surface area contributed by atoms with Gasteiger partial charge in [0, 0.05) is 11.6 Å². The zero-order valence-electron chi connectivity index (χ0n) is 16.5. The Labute approximate surface area is 189 Å². The summed E-state index contributed by atoms with van der Waals surface area (Å²) >= 11 is 12.2. The van der Waals surface area contributed by atoms with Crippen molar-refractivity contribution in [3.05, 3.63) is 76.3 Å². The quantitative estimate of drug-likeness (QED) is 0.492. The summed E-state index contributed by atoms with van der Waals surface area (Å²) in [4.78, 5) is 12.7. The minimum absolute atomic E-state index is 0.0974. The lowest BCUT2D eigenvalue weighted by molar-refractivity contribution is 0.102. The summed E-state index contributed by atoms with van der Waals surface area (Å²) in [5.41, 5.74) is 0.661. The fraction of sp³-hybridized carbons (Fsp3) is 0.0952. The first-order valence-electron chi connectivity index (χ1n) is 8.85. The maximum atomic E-state index is 12.8. The molecule has 0 aliphatic carbocycles. The lowest BCUT2D eigenvalue weighted by Crippen LogP contribution is -2.16. The van der Waals surface area contributed by atoms with Crippen molar-refractivity contribution in [3.8, 4) is 11.5 Å². The largest absolute Gasteiger partial charge is 0.495 e. The smallest absolute Gasteiger partial charge is 0.261 e. The van der Waals surface area contributed by atoms with Gasteiger partial charge < -0.3 is 14.8 Å². The number of hydrogen-bond acceptors (Lipinski definition) is 5. The van der Waals surface area contributed by atoms with E-state index in [-0.39, 0.29) is 26.2 Å². The zero-order valence-corrected chi connectivity index (χ0v) is 18.8. The third-order valence-electron chi connectivity index (χ3n) is 4.25. The molecule has 0 aliphatic heterocycles. The van der Waals surface area contributed by atoms with Crippen molar-refractivity contribution >= 4 is 50.5 Å². The third kappa shape index (κ3) is 5.22. The molecule has 0 aliphatic rings. The molecule has 3 aromatic carbocycles. The summed E-state index contributed by atoms with van der Waals surface area (Å²) in [6.45, 7) is 0. The van der Waals surface area contributed by atoms with Crippen molar-refractivity contribution in [2.24, 2.45) is 0 Å². The summed E-state index contributed by atoms with van der Waals surface area (Å²) in [6, 6.07) is 15.0. The number of halogens is 2. The van der Waals surface area contributed by atoms with Gasteiger partial charge in [0.05, 0.1) is 40.5 Å². The second-order valence-corrected chi connectivity index (χ2v) is 8.75. The molecule has 31 heavy (non-hydrogen) atoms. The predicted molar refractivity (Wildman–Crippen MR) is 121 cm³/mol. The van der Waals surface area contributed by atoms with Gasteiger partial charge in [-0.3, -0.25) is 9.52 Å². The SMILES string of the molecule is COc1cc(OC)c(NC(=O)c2cccc(S(=O)(=O)Nc3ccccc3Cl)c2)cc1Cl. The van der Waals surface area contributed by atoms with Crippen LogP contribution in [0.15, 0.2) is 65.6 Å². The Morgan fingerprint density at radius 3 is 2.23 bits per heavy atom. The van der Waals surface area contributed by atoms with Crippen LogP contribution in [0.4, 0.5) is 11.4 Å². The second kappa shape index (κ2) is 9.47. The Morgan fingerprint density at radius 2 is 1.55 bits per heavy atom. The van der Waals surface area contributed by atoms with Gasteiger partial charge in [-0.25, -0.2) is 8.42 Å². The lowest BCUT2D eigenvalue weighted by Gasteiger charge is -2.14. The van der Waals surface area contributed by atoms with Gasteiger partial charge in [0.25, 0.3) is 15.9 Å². The van der Waals surface area contributed by atoms with Gasteiger partial charge >= 0.3 is 0 Å². The zero-order chi connectivity index (χ0) is 22.6. The van der Waals surface area contributed by atoms with E-state index in [0.29, 0.717) is 17.2 Å². The van der Waals surface area contributed by atoms with E-state index in [4.69, 9.17) is 32.7 Å². The molecular weight excluding hydrogens is 463 g/mol. The van der Waals surface area contributed by atoms with Gasteiger partial charge in [-0.05, 0) is 36.4 Å². The van der Waals surface area contributed by atoms with Crippen LogP contribution >= 0.6 is 23.2 Å². The van der Waals surface area contributed by atoms with Gasteiger partial charge in [0.1, 0.15) is 11.5 Å². The number of carbonyl (C=O) groups excluding carboxylic acids is 1. The number of carbonyl (C=O) groups is 1. The van der Waals surface area contributed by atoms with Crippen LogP contribution in [0.2, 0.25) is 10.0 Å². The number of sulfonamides is 1. The van der Waals surface area contributed by atoms with E-state index in [9.17, 15) is 13.2 Å². The molecule has 0 saturated carbocycles. The number of ether oxygens (including phenoxy) is 2. The van der Waals surface area contributed by atoms with Crippen LogP contribution in [0, 0.1) is 0 Å². The molecule has 0 unspecified atom stereocenters. The van der Waals surface area contributed by atoms with Crippen LogP contribution in [0.3, 0.4) is 0 Å². The number of para-hydroxylation sites is 1. The first-order valence-corrected chi connectivity index (χ1v) is 11.1. The number of amides is 1. The van der Waals surface area contributed by atoms with Crippen molar-refractivity contribution in [3.63, 3.8) is 0 Å². The Balaban J connectivity index is 1.87. The standard InChI is InChI=1S/C21H18Cl2N2O5S/c1-29-19-12-20(30-2)18(11-16(19)23)24-21(26)13-6-5-7-14(10-13)31(27,28)25-17-9-4-3-8-15(17)22/h3-12,25H,1-2H3,(H,24,26). The summed E-state index contributed by atoms with van der Waals surface area (Å²) in [6.07, 6.45) is 0. The first kappa shape index (κ1) is 22.7. The van der Waals surface area contributed by atoms with Crippen LogP contribution in [-0.4, -0.2) is 28.5 Å². The van der Waals surface area contributed by atoms with Crippen molar-refractivity contribution in [1.82, 2.24) is 0 Å². The highest BCUT2D eigenvalue weighted by Gasteiger charge is 2.19. The highest BCUT2D eigenvalue weighted by molar-refractivity contribution is 7.92. The number of nitrogens with one attached hydrogen (secondary N) is 2.